The molecule has 3 rings (SSSR count). The fourth-order valence-corrected chi connectivity index (χ4v) is 3.13. The van der Waals surface area contributed by atoms with Crippen LogP contribution in [0.4, 0.5) is 5.69 Å². The van der Waals surface area contributed by atoms with Gasteiger partial charge < -0.3 is 19.2 Å². The zero-order valence-electron chi connectivity index (χ0n) is 17.8. The van der Waals surface area contributed by atoms with Crippen LogP contribution in [-0.4, -0.2) is 36.6 Å². The van der Waals surface area contributed by atoms with Gasteiger partial charge >= 0.3 is 0 Å². The van der Waals surface area contributed by atoms with Gasteiger partial charge in [-0.2, -0.15) is 0 Å². The van der Waals surface area contributed by atoms with Crippen LogP contribution in [0.5, 0.6) is 5.75 Å². The number of furan rings is 1. The number of nitrogens with zero attached hydrogens (tertiary/aromatic N) is 1. The standard InChI is InChI=1S/C23H23NO3.C2H4O2/c1-4-14-24(15-5-2)20-12-9-11-18(23(20)26-6-3)22(25)19-16-27-21-13-8-7-10-17(19)21;1-2(3)4/h4-5,7-13,16H,1-2,6,14-15H2,3H3;1H3,(H,3,4). The average Bonchev–Trinajstić information content (AvgIpc) is 3.17. The fourth-order valence-electron chi connectivity index (χ4n) is 3.13. The van der Waals surface area contributed by atoms with Crippen molar-refractivity contribution in [1.29, 1.82) is 0 Å². The second-order valence-corrected chi connectivity index (χ2v) is 6.56. The largest absolute Gasteiger partial charge is 0.491 e. The van der Waals surface area contributed by atoms with E-state index in [9.17, 15) is 4.79 Å². The van der Waals surface area contributed by atoms with Gasteiger partial charge in [0, 0.05) is 25.4 Å². The molecule has 1 aromatic heterocycles. The van der Waals surface area contributed by atoms with E-state index in [1.807, 2.05) is 55.5 Å². The van der Waals surface area contributed by atoms with E-state index in [1.165, 1.54) is 6.26 Å². The molecule has 0 bridgehead atoms. The smallest absolute Gasteiger partial charge is 0.300 e. The van der Waals surface area contributed by atoms with Gasteiger partial charge in [-0.15, -0.1) is 13.2 Å². The molecule has 0 saturated carbocycles. The normalized spacial score (nSPS) is 10.0. The Morgan fingerprint density at radius 1 is 1.06 bits per heavy atom. The van der Waals surface area contributed by atoms with Crippen molar-refractivity contribution in [1.82, 2.24) is 0 Å². The SMILES string of the molecule is C=CCN(CC=C)c1cccc(C(=O)c2coc3ccccc23)c1OCC.CC(=O)O. The van der Waals surface area contributed by atoms with Gasteiger partial charge in [0.2, 0.25) is 5.78 Å². The van der Waals surface area contributed by atoms with Crippen molar-refractivity contribution in [3.05, 3.63) is 85.2 Å². The van der Waals surface area contributed by atoms with E-state index in [-0.39, 0.29) is 5.78 Å². The van der Waals surface area contributed by atoms with Gasteiger partial charge in [0.1, 0.15) is 11.8 Å². The van der Waals surface area contributed by atoms with Crippen LogP contribution in [0, 0.1) is 0 Å². The number of hydrogen-bond acceptors (Lipinski definition) is 5. The lowest BCUT2D eigenvalue weighted by atomic mass is 10.0. The third-order valence-corrected chi connectivity index (χ3v) is 4.29. The number of aliphatic carboxylic acids is 1. The van der Waals surface area contributed by atoms with Crippen LogP contribution in [-0.2, 0) is 4.79 Å². The van der Waals surface area contributed by atoms with Crippen molar-refractivity contribution in [2.24, 2.45) is 0 Å². The number of para-hydroxylation sites is 2. The van der Waals surface area contributed by atoms with Gasteiger partial charge in [0.15, 0.2) is 5.75 Å². The number of carboxylic acid groups (broad SMARTS) is 1. The first-order valence-electron chi connectivity index (χ1n) is 9.87. The van der Waals surface area contributed by atoms with Crippen LogP contribution < -0.4 is 9.64 Å². The van der Waals surface area contributed by atoms with E-state index in [4.69, 9.17) is 19.1 Å². The summed E-state index contributed by atoms with van der Waals surface area (Å²) in [7, 11) is 0. The number of fused-ring (bicyclic) bond motifs is 1. The van der Waals surface area contributed by atoms with Crippen LogP contribution in [0.25, 0.3) is 11.0 Å². The Kier molecular flexibility index (Phi) is 8.64. The van der Waals surface area contributed by atoms with Gasteiger partial charge in [0.05, 0.1) is 23.4 Å². The predicted octanol–water partition coefficient (Wildman–Crippen LogP) is 5.33. The van der Waals surface area contributed by atoms with Gasteiger partial charge in [-0.3, -0.25) is 9.59 Å². The number of anilines is 1. The first-order chi connectivity index (χ1) is 14.9. The second kappa shape index (κ2) is 11.4. The number of rotatable bonds is 9. The molecular formula is C25H27NO5. The Bertz CT molecular complexity index is 1050. The van der Waals surface area contributed by atoms with Crippen molar-refractivity contribution >= 4 is 28.4 Å². The third-order valence-electron chi connectivity index (χ3n) is 4.29. The molecule has 0 atom stereocenters. The Hall–Kier alpha value is -3.80. The molecule has 1 heterocycles. The molecule has 0 unspecified atom stereocenters. The molecule has 0 radical (unpaired) electrons. The Labute approximate surface area is 182 Å². The van der Waals surface area contributed by atoms with Crippen LogP contribution in [0.3, 0.4) is 0 Å². The van der Waals surface area contributed by atoms with Crippen molar-refractivity contribution in [2.75, 3.05) is 24.6 Å². The summed E-state index contributed by atoms with van der Waals surface area (Å²) in [6, 6.07) is 13.1. The first-order valence-corrected chi connectivity index (χ1v) is 9.87. The monoisotopic (exact) mass is 421 g/mol. The summed E-state index contributed by atoms with van der Waals surface area (Å²) in [6.07, 6.45) is 5.15. The molecule has 0 fully saturated rings. The number of carbonyl (C=O) groups excluding carboxylic acids is 1. The summed E-state index contributed by atoms with van der Waals surface area (Å²) in [4.78, 5) is 24.4. The number of hydrogen-bond donors (Lipinski definition) is 1. The molecule has 0 aliphatic heterocycles. The van der Waals surface area contributed by atoms with E-state index in [0.717, 1.165) is 18.0 Å². The molecular weight excluding hydrogens is 394 g/mol. The van der Waals surface area contributed by atoms with Crippen molar-refractivity contribution < 1.29 is 23.8 Å². The number of ether oxygens (including phenoxy) is 1. The first kappa shape index (κ1) is 23.5. The molecule has 2 aromatic carbocycles. The van der Waals surface area contributed by atoms with Gasteiger partial charge in [0.25, 0.3) is 5.97 Å². The summed E-state index contributed by atoms with van der Waals surface area (Å²) >= 11 is 0. The average molecular weight is 421 g/mol. The van der Waals surface area contributed by atoms with Crippen LogP contribution in [0.1, 0.15) is 29.8 Å². The van der Waals surface area contributed by atoms with Gasteiger partial charge in [-0.05, 0) is 25.1 Å². The maximum absolute atomic E-state index is 13.3. The molecule has 0 saturated heterocycles. The number of ketones is 1. The summed E-state index contributed by atoms with van der Waals surface area (Å²) in [5, 5.41) is 8.21. The molecule has 3 aromatic rings. The number of carboxylic acids is 1. The Morgan fingerprint density at radius 3 is 2.32 bits per heavy atom. The van der Waals surface area contributed by atoms with E-state index < -0.39 is 5.97 Å². The minimum absolute atomic E-state index is 0.123. The lowest BCUT2D eigenvalue weighted by molar-refractivity contribution is -0.134. The van der Waals surface area contributed by atoms with Crippen LogP contribution in [0.15, 0.2) is 78.5 Å². The summed E-state index contributed by atoms with van der Waals surface area (Å²) in [5.74, 6) is -0.388. The third kappa shape index (κ3) is 5.85. The molecule has 1 N–H and O–H groups in total. The minimum atomic E-state index is -0.833. The van der Waals surface area contributed by atoms with Crippen molar-refractivity contribution in [2.45, 2.75) is 13.8 Å². The second-order valence-electron chi connectivity index (χ2n) is 6.56. The highest BCUT2D eigenvalue weighted by Gasteiger charge is 2.23. The zero-order chi connectivity index (χ0) is 22.8. The Balaban J connectivity index is 0.000000785. The van der Waals surface area contributed by atoms with E-state index in [2.05, 4.69) is 18.1 Å². The predicted molar refractivity (Wildman–Crippen MR) is 123 cm³/mol. The summed E-state index contributed by atoms with van der Waals surface area (Å²) < 4.78 is 11.5. The summed E-state index contributed by atoms with van der Waals surface area (Å²) in [6.45, 7) is 12.3. The highest BCUT2D eigenvalue weighted by molar-refractivity contribution is 6.17. The lowest BCUT2D eigenvalue weighted by Crippen LogP contribution is -2.24. The van der Waals surface area contributed by atoms with Crippen molar-refractivity contribution in [3.8, 4) is 5.75 Å². The molecule has 162 valence electrons. The molecule has 0 aliphatic carbocycles. The van der Waals surface area contributed by atoms with E-state index in [0.29, 0.717) is 42.2 Å². The highest BCUT2D eigenvalue weighted by atomic mass is 16.5. The van der Waals surface area contributed by atoms with E-state index >= 15 is 0 Å². The molecule has 0 spiro atoms. The maximum atomic E-state index is 13.3. The zero-order valence-corrected chi connectivity index (χ0v) is 17.8. The van der Waals surface area contributed by atoms with Gasteiger partial charge in [-0.1, -0.05) is 36.4 Å². The molecule has 31 heavy (non-hydrogen) atoms. The number of carbonyl (C=O) groups is 2. The summed E-state index contributed by atoms with van der Waals surface area (Å²) in [5.41, 5.74) is 2.58. The highest BCUT2D eigenvalue weighted by Crippen LogP contribution is 2.35. The van der Waals surface area contributed by atoms with Crippen molar-refractivity contribution in [3.63, 3.8) is 0 Å². The quantitative estimate of drug-likeness (QED) is 0.371. The van der Waals surface area contributed by atoms with Gasteiger partial charge in [-0.25, -0.2) is 0 Å². The minimum Gasteiger partial charge on any atom is -0.491 e. The topological polar surface area (TPSA) is 80.0 Å². The molecule has 6 nitrogen and oxygen atoms in total. The molecule has 6 heteroatoms. The molecule has 0 amide bonds. The molecule has 0 aliphatic rings. The number of benzene rings is 2. The lowest BCUT2D eigenvalue weighted by Gasteiger charge is -2.25. The van der Waals surface area contributed by atoms with Crippen LogP contribution in [0.2, 0.25) is 0 Å². The Morgan fingerprint density at radius 2 is 1.71 bits per heavy atom. The van der Waals surface area contributed by atoms with E-state index in [1.54, 1.807) is 6.07 Å². The fraction of sp³-hybridized carbons (Fsp3) is 0.200. The van der Waals surface area contributed by atoms with Crippen LogP contribution >= 0.6 is 0 Å². The maximum Gasteiger partial charge on any atom is 0.300 e.